The smallest absolute Gasteiger partial charge is 0.345 e. The van der Waals surface area contributed by atoms with Gasteiger partial charge < -0.3 is 14.9 Å². The summed E-state index contributed by atoms with van der Waals surface area (Å²) in [6.07, 6.45) is 21.9. The summed E-state index contributed by atoms with van der Waals surface area (Å²) in [6.45, 7) is 3.73. The molecule has 0 aliphatic rings. The second-order valence-corrected chi connectivity index (χ2v) is 9.37. The van der Waals surface area contributed by atoms with Gasteiger partial charge in [-0.3, -0.25) is 4.79 Å². The van der Waals surface area contributed by atoms with E-state index in [0.717, 1.165) is 38.5 Å². The molecule has 2 unspecified atom stereocenters. The Kier molecular flexibility index (Phi) is 22.5. The number of ether oxygens (including phenoxy) is 1. The minimum Gasteiger partial charge on any atom is -0.393 e. The molecule has 0 aromatic rings. The van der Waals surface area contributed by atoms with E-state index in [1.54, 1.807) is 0 Å². The summed E-state index contributed by atoms with van der Waals surface area (Å²) in [5, 5.41) is 18.3. The highest BCUT2D eigenvalue weighted by molar-refractivity contribution is 5.88. The number of carbonyl (C=O) groups excluding carboxylic acids is 2. The zero-order valence-electron chi connectivity index (χ0n) is 21.1. The molecular formula is C27H52O5. The van der Waals surface area contributed by atoms with Crippen molar-refractivity contribution < 1.29 is 24.5 Å². The summed E-state index contributed by atoms with van der Waals surface area (Å²) in [5.74, 6) is -1.87. The molecule has 0 heterocycles. The van der Waals surface area contributed by atoms with Crippen LogP contribution in [0.1, 0.15) is 142 Å². The van der Waals surface area contributed by atoms with E-state index < -0.39 is 24.6 Å². The SMILES string of the molecule is CCCCCCCCCCCCC(CCCCCCCCCC)C(=O)OC(=O)C(O)CO. The molecule has 0 aliphatic carbocycles. The largest absolute Gasteiger partial charge is 0.393 e. The van der Waals surface area contributed by atoms with E-state index in [2.05, 4.69) is 13.8 Å². The molecular weight excluding hydrogens is 404 g/mol. The van der Waals surface area contributed by atoms with E-state index in [-0.39, 0.29) is 5.92 Å². The molecule has 190 valence electrons. The van der Waals surface area contributed by atoms with Crippen molar-refractivity contribution in [2.24, 2.45) is 5.92 Å². The Balaban J connectivity index is 4.16. The maximum Gasteiger partial charge on any atom is 0.345 e. The fraction of sp³-hybridized carbons (Fsp3) is 0.926. The Morgan fingerprint density at radius 3 is 1.28 bits per heavy atom. The Morgan fingerprint density at radius 2 is 0.938 bits per heavy atom. The van der Waals surface area contributed by atoms with E-state index in [1.807, 2.05) is 0 Å². The van der Waals surface area contributed by atoms with Crippen LogP contribution in [0.15, 0.2) is 0 Å². The summed E-state index contributed by atoms with van der Waals surface area (Å²) in [6, 6.07) is 0. The van der Waals surface area contributed by atoms with Crippen molar-refractivity contribution in [1.29, 1.82) is 0 Å². The van der Waals surface area contributed by atoms with Gasteiger partial charge in [0.25, 0.3) is 0 Å². The minimum atomic E-state index is -1.64. The van der Waals surface area contributed by atoms with Gasteiger partial charge in [0, 0.05) is 0 Å². The third-order valence-electron chi connectivity index (χ3n) is 6.29. The first-order valence-electron chi connectivity index (χ1n) is 13.6. The molecule has 0 saturated heterocycles. The standard InChI is InChI=1S/C27H52O5/c1-3-5-7-9-11-13-14-16-18-20-22-24(26(30)32-27(31)25(29)23-28)21-19-17-15-12-10-8-6-4-2/h24-25,28-29H,3-23H2,1-2H3. The molecule has 0 fully saturated rings. The van der Waals surface area contributed by atoms with E-state index in [1.165, 1.54) is 89.9 Å². The first kappa shape index (κ1) is 31.1. The van der Waals surface area contributed by atoms with Crippen molar-refractivity contribution in [3.8, 4) is 0 Å². The Morgan fingerprint density at radius 1 is 0.594 bits per heavy atom. The van der Waals surface area contributed by atoms with Gasteiger partial charge in [-0.2, -0.15) is 0 Å². The van der Waals surface area contributed by atoms with Crippen LogP contribution < -0.4 is 0 Å². The maximum atomic E-state index is 12.5. The number of aliphatic hydroxyl groups is 2. The number of esters is 2. The van der Waals surface area contributed by atoms with Crippen LogP contribution >= 0.6 is 0 Å². The molecule has 0 aromatic carbocycles. The predicted molar refractivity (Wildman–Crippen MR) is 131 cm³/mol. The van der Waals surface area contributed by atoms with Crippen LogP contribution in [0.2, 0.25) is 0 Å². The monoisotopic (exact) mass is 456 g/mol. The fourth-order valence-corrected chi connectivity index (χ4v) is 4.11. The summed E-state index contributed by atoms with van der Waals surface area (Å²) in [7, 11) is 0. The summed E-state index contributed by atoms with van der Waals surface area (Å²) >= 11 is 0. The van der Waals surface area contributed by atoms with Gasteiger partial charge in [0.1, 0.15) is 0 Å². The zero-order chi connectivity index (χ0) is 23.9. The van der Waals surface area contributed by atoms with Crippen molar-refractivity contribution in [2.75, 3.05) is 6.61 Å². The third kappa shape index (κ3) is 18.6. The van der Waals surface area contributed by atoms with Gasteiger partial charge in [0.05, 0.1) is 12.5 Å². The summed E-state index contributed by atoms with van der Waals surface area (Å²) < 4.78 is 4.84. The Labute approximate surface area is 197 Å². The lowest BCUT2D eigenvalue weighted by Gasteiger charge is -2.16. The van der Waals surface area contributed by atoms with E-state index in [4.69, 9.17) is 9.84 Å². The number of carbonyl (C=O) groups is 2. The lowest BCUT2D eigenvalue weighted by atomic mass is 9.94. The number of rotatable bonds is 23. The van der Waals surface area contributed by atoms with Gasteiger partial charge >= 0.3 is 11.9 Å². The topological polar surface area (TPSA) is 83.8 Å². The van der Waals surface area contributed by atoms with Crippen LogP contribution in [0.5, 0.6) is 0 Å². The molecule has 0 aromatic heterocycles. The number of hydrogen-bond donors (Lipinski definition) is 2. The normalized spacial score (nSPS) is 13.1. The molecule has 5 heteroatoms. The molecule has 0 bridgehead atoms. The van der Waals surface area contributed by atoms with Gasteiger partial charge in [-0.05, 0) is 12.8 Å². The molecule has 5 nitrogen and oxygen atoms in total. The molecule has 2 atom stereocenters. The Bertz CT molecular complexity index is 438. The molecule has 0 amide bonds. The molecule has 0 rings (SSSR count). The van der Waals surface area contributed by atoms with Crippen molar-refractivity contribution in [2.45, 2.75) is 148 Å². The highest BCUT2D eigenvalue weighted by Crippen LogP contribution is 2.21. The van der Waals surface area contributed by atoms with Crippen LogP contribution in [-0.2, 0) is 14.3 Å². The molecule has 0 spiro atoms. The van der Waals surface area contributed by atoms with Crippen molar-refractivity contribution in [3.63, 3.8) is 0 Å². The van der Waals surface area contributed by atoms with Gasteiger partial charge in [-0.15, -0.1) is 0 Å². The van der Waals surface area contributed by atoms with Gasteiger partial charge in [-0.1, -0.05) is 129 Å². The van der Waals surface area contributed by atoms with Crippen LogP contribution in [-0.4, -0.2) is 34.9 Å². The van der Waals surface area contributed by atoms with Gasteiger partial charge in [0.15, 0.2) is 6.10 Å². The first-order valence-corrected chi connectivity index (χ1v) is 13.6. The predicted octanol–water partition coefficient (Wildman–Crippen LogP) is 6.87. The highest BCUT2D eigenvalue weighted by atomic mass is 16.6. The van der Waals surface area contributed by atoms with Gasteiger partial charge in [-0.25, -0.2) is 4.79 Å². The number of unbranched alkanes of at least 4 members (excludes halogenated alkanes) is 16. The van der Waals surface area contributed by atoms with Crippen molar-refractivity contribution >= 4 is 11.9 Å². The molecule has 0 saturated carbocycles. The third-order valence-corrected chi connectivity index (χ3v) is 6.29. The van der Waals surface area contributed by atoms with Crippen LogP contribution in [0.4, 0.5) is 0 Å². The van der Waals surface area contributed by atoms with E-state index >= 15 is 0 Å². The molecule has 2 N–H and O–H groups in total. The highest BCUT2D eigenvalue weighted by Gasteiger charge is 2.25. The summed E-state index contributed by atoms with van der Waals surface area (Å²) in [5.41, 5.74) is 0. The van der Waals surface area contributed by atoms with E-state index in [9.17, 15) is 14.7 Å². The zero-order valence-corrected chi connectivity index (χ0v) is 21.1. The summed E-state index contributed by atoms with van der Waals surface area (Å²) in [4.78, 5) is 24.1. The quantitative estimate of drug-likeness (QED) is 0.0996. The minimum absolute atomic E-state index is 0.293. The lowest BCUT2D eigenvalue weighted by Crippen LogP contribution is -2.31. The molecule has 32 heavy (non-hydrogen) atoms. The van der Waals surface area contributed by atoms with Crippen molar-refractivity contribution in [3.05, 3.63) is 0 Å². The second-order valence-electron chi connectivity index (χ2n) is 9.37. The van der Waals surface area contributed by atoms with Crippen LogP contribution in [0.25, 0.3) is 0 Å². The van der Waals surface area contributed by atoms with Crippen molar-refractivity contribution in [1.82, 2.24) is 0 Å². The average Bonchev–Trinajstić information content (AvgIpc) is 2.79. The lowest BCUT2D eigenvalue weighted by molar-refractivity contribution is -0.170. The maximum absolute atomic E-state index is 12.5. The fourth-order valence-electron chi connectivity index (χ4n) is 4.11. The average molecular weight is 457 g/mol. The Hall–Kier alpha value is -0.940. The van der Waals surface area contributed by atoms with E-state index in [0.29, 0.717) is 0 Å². The van der Waals surface area contributed by atoms with Gasteiger partial charge in [0.2, 0.25) is 0 Å². The van der Waals surface area contributed by atoms with Crippen LogP contribution in [0, 0.1) is 5.92 Å². The first-order chi connectivity index (χ1) is 15.6. The van der Waals surface area contributed by atoms with Crippen LogP contribution in [0.3, 0.4) is 0 Å². The second kappa shape index (κ2) is 23.2. The number of hydrogen-bond acceptors (Lipinski definition) is 5. The number of aliphatic hydroxyl groups excluding tert-OH is 2. The molecule has 0 radical (unpaired) electrons. The molecule has 0 aliphatic heterocycles.